The molecular formula is C24H36O6. The highest BCUT2D eigenvalue weighted by Crippen LogP contribution is 2.15. The van der Waals surface area contributed by atoms with Gasteiger partial charge in [-0.2, -0.15) is 0 Å². The molecule has 168 valence electrons. The second-order valence-corrected chi connectivity index (χ2v) is 7.33. The summed E-state index contributed by atoms with van der Waals surface area (Å²) in [7, 11) is 0. The summed E-state index contributed by atoms with van der Waals surface area (Å²) in [5.74, 6) is -1.69. The van der Waals surface area contributed by atoms with Crippen molar-refractivity contribution in [2.45, 2.75) is 78.6 Å². The smallest absolute Gasteiger partial charge is 0.338 e. The zero-order chi connectivity index (χ0) is 22.2. The number of carbonyl (C=O) groups excluding carboxylic acids is 3. The number of ether oxygens (including phenoxy) is 3. The maximum absolute atomic E-state index is 12.4. The Labute approximate surface area is 180 Å². The monoisotopic (exact) mass is 420 g/mol. The van der Waals surface area contributed by atoms with Crippen LogP contribution in [0.15, 0.2) is 18.2 Å². The highest BCUT2D eigenvalue weighted by molar-refractivity contribution is 6.00. The predicted octanol–water partition coefficient (Wildman–Crippen LogP) is 5.73. The number of benzene rings is 1. The van der Waals surface area contributed by atoms with Gasteiger partial charge in [0.05, 0.1) is 36.5 Å². The van der Waals surface area contributed by atoms with E-state index in [0.29, 0.717) is 19.8 Å². The normalized spacial score (nSPS) is 10.5. The molecule has 0 aromatic heterocycles. The van der Waals surface area contributed by atoms with Crippen LogP contribution in [0.3, 0.4) is 0 Å². The summed E-state index contributed by atoms with van der Waals surface area (Å²) in [5, 5.41) is 0. The van der Waals surface area contributed by atoms with Gasteiger partial charge in [-0.15, -0.1) is 0 Å². The highest BCUT2D eigenvalue weighted by atomic mass is 16.5. The fourth-order valence-corrected chi connectivity index (χ4v) is 2.78. The molecule has 1 rings (SSSR count). The molecule has 0 fully saturated rings. The van der Waals surface area contributed by atoms with Crippen LogP contribution in [0.25, 0.3) is 0 Å². The quantitative estimate of drug-likeness (QED) is 0.205. The Morgan fingerprint density at radius 2 is 0.800 bits per heavy atom. The van der Waals surface area contributed by atoms with Gasteiger partial charge in [0.2, 0.25) is 0 Å². The van der Waals surface area contributed by atoms with Crippen molar-refractivity contribution in [3.8, 4) is 0 Å². The summed E-state index contributed by atoms with van der Waals surface area (Å²) < 4.78 is 15.8. The molecule has 0 aliphatic heterocycles. The molecule has 0 radical (unpaired) electrons. The second-order valence-electron chi connectivity index (χ2n) is 7.33. The molecule has 1 aromatic carbocycles. The molecule has 0 bridgehead atoms. The van der Waals surface area contributed by atoms with E-state index >= 15 is 0 Å². The molecule has 0 aliphatic carbocycles. The van der Waals surface area contributed by atoms with Crippen molar-refractivity contribution in [1.82, 2.24) is 0 Å². The van der Waals surface area contributed by atoms with Gasteiger partial charge in [-0.25, -0.2) is 14.4 Å². The van der Waals surface area contributed by atoms with Crippen LogP contribution in [0, 0.1) is 0 Å². The average Bonchev–Trinajstić information content (AvgIpc) is 2.76. The molecule has 6 nitrogen and oxygen atoms in total. The molecule has 0 spiro atoms. The topological polar surface area (TPSA) is 78.9 Å². The van der Waals surface area contributed by atoms with Crippen molar-refractivity contribution in [2.75, 3.05) is 19.8 Å². The Bertz CT molecular complexity index is 565. The van der Waals surface area contributed by atoms with Crippen LogP contribution in [0.4, 0.5) is 0 Å². The minimum Gasteiger partial charge on any atom is -0.462 e. The highest BCUT2D eigenvalue weighted by Gasteiger charge is 2.19. The largest absolute Gasteiger partial charge is 0.462 e. The predicted molar refractivity (Wildman–Crippen MR) is 116 cm³/mol. The molecule has 0 unspecified atom stereocenters. The van der Waals surface area contributed by atoms with Gasteiger partial charge >= 0.3 is 17.9 Å². The van der Waals surface area contributed by atoms with Gasteiger partial charge in [0.25, 0.3) is 0 Å². The Morgan fingerprint density at radius 3 is 1.03 bits per heavy atom. The van der Waals surface area contributed by atoms with Crippen LogP contribution >= 0.6 is 0 Å². The molecule has 1 aromatic rings. The summed E-state index contributed by atoms with van der Waals surface area (Å²) in [4.78, 5) is 37.3. The van der Waals surface area contributed by atoms with Gasteiger partial charge in [0.1, 0.15) is 0 Å². The third-order valence-electron chi connectivity index (χ3n) is 4.58. The lowest BCUT2D eigenvalue weighted by atomic mass is 10.1. The van der Waals surface area contributed by atoms with E-state index in [-0.39, 0.29) is 16.7 Å². The van der Waals surface area contributed by atoms with Crippen LogP contribution in [0.5, 0.6) is 0 Å². The number of unbranched alkanes of at least 4 members (excludes halogenated alkanes) is 6. The number of esters is 3. The van der Waals surface area contributed by atoms with Gasteiger partial charge in [0, 0.05) is 0 Å². The molecule has 0 atom stereocenters. The molecule has 0 amide bonds. The zero-order valence-electron chi connectivity index (χ0n) is 18.7. The first-order valence-electron chi connectivity index (χ1n) is 11.2. The van der Waals surface area contributed by atoms with Gasteiger partial charge in [-0.3, -0.25) is 0 Å². The minimum absolute atomic E-state index is 0.148. The first-order valence-corrected chi connectivity index (χ1v) is 11.2. The first-order chi connectivity index (χ1) is 14.5. The molecule has 0 saturated heterocycles. The Hall–Kier alpha value is -2.37. The van der Waals surface area contributed by atoms with E-state index in [1.54, 1.807) is 0 Å². The lowest BCUT2D eigenvalue weighted by Crippen LogP contribution is -2.14. The van der Waals surface area contributed by atoms with Crippen molar-refractivity contribution >= 4 is 17.9 Å². The van der Waals surface area contributed by atoms with Crippen molar-refractivity contribution in [2.24, 2.45) is 0 Å². The van der Waals surface area contributed by atoms with E-state index in [9.17, 15) is 14.4 Å². The lowest BCUT2D eigenvalue weighted by Gasteiger charge is -2.10. The minimum atomic E-state index is -0.563. The van der Waals surface area contributed by atoms with Crippen molar-refractivity contribution in [3.63, 3.8) is 0 Å². The van der Waals surface area contributed by atoms with Crippen LogP contribution < -0.4 is 0 Å². The molecule has 0 saturated carbocycles. The second kappa shape index (κ2) is 15.5. The van der Waals surface area contributed by atoms with E-state index < -0.39 is 17.9 Å². The molecule has 0 N–H and O–H groups in total. The maximum atomic E-state index is 12.4. The summed E-state index contributed by atoms with van der Waals surface area (Å²) in [6.07, 6.45) is 8.27. The molecular weight excluding hydrogens is 384 g/mol. The fourth-order valence-electron chi connectivity index (χ4n) is 2.78. The van der Waals surface area contributed by atoms with E-state index in [4.69, 9.17) is 14.2 Å². The fraction of sp³-hybridized carbons (Fsp3) is 0.625. The lowest BCUT2D eigenvalue weighted by molar-refractivity contribution is 0.0495. The van der Waals surface area contributed by atoms with Crippen LogP contribution in [-0.4, -0.2) is 37.7 Å². The van der Waals surface area contributed by atoms with Crippen molar-refractivity contribution < 1.29 is 28.6 Å². The van der Waals surface area contributed by atoms with Crippen molar-refractivity contribution in [3.05, 3.63) is 34.9 Å². The maximum Gasteiger partial charge on any atom is 0.338 e. The summed E-state index contributed by atoms with van der Waals surface area (Å²) in [6, 6.07) is 4.24. The van der Waals surface area contributed by atoms with E-state index in [1.807, 2.05) is 0 Å². The standard InChI is InChI=1S/C24H36O6/c1-4-7-10-13-28-22(25)19-16-20(23(26)29-14-11-8-5-2)18-21(17-19)24(27)30-15-12-9-6-3/h16-18H,4-15H2,1-3H3. The van der Waals surface area contributed by atoms with Gasteiger partial charge < -0.3 is 14.2 Å². The summed E-state index contributed by atoms with van der Waals surface area (Å²) in [5.41, 5.74) is 0.444. The van der Waals surface area contributed by atoms with E-state index in [2.05, 4.69) is 20.8 Å². The average molecular weight is 421 g/mol. The number of hydrogen-bond acceptors (Lipinski definition) is 6. The molecule has 30 heavy (non-hydrogen) atoms. The number of hydrogen-bond donors (Lipinski definition) is 0. The Kier molecular flexibility index (Phi) is 13.2. The van der Waals surface area contributed by atoms with Gasteiger partial charge in [-0.1, -0.05) is 59.3 Å². The van der Waals surface area contributed by atoms with Gasteiger partial charge in [-0.05, 0) is 37.5 Å². The van der Waals surface area contributed by atoms with Crippen molar-refractivity contribution in [1.29, 1.82) is 0 Å². The summed E-state index contributed by atoms with van der Waals surface area (Å²) in [6.45, 7) is 7.10. The van der Waals surface area contributed by atoms with Gasteiger partial charge in [0.15, 0.2) is 0 Å². The number of rotatable bonds is 15. The Balaban J connectivity index is 2.92. The van der Waals surface area contributed by atoms with Crippen LogP contribution in [0.1, 0.15) is 110 Å². The van der Waals surface area contributed by atoms with Crippen LogP contribution in [-0.2, 0) is 14.2 Å². The SMILES string of the molecule is CCCCCOC(=O)c1cc(C(=O)OCCCCC)cc(C(=O)OCCCCC)c1. The third kappa shape index (κ3) is 9.90. The molecule has 0 heterocycles. The Morgan fingerprint density at radius 1 is 0.533 bits per heavy atom. The third-order valence-corrected chi connectivity index (χ3v) is 4.58. The molecule has 0 aliphatic rings. The van der Waals surface area contributed by atoms with E-state index in [0.717, 1.165) is 57.8 Å². The first kappa shape index (κ1) is 25.7. The van der Waals surface area contributed by atoms with Crippen LogP contribution in [0.2, 0.25) is 0 Å². The van der Waals surface area contributed by atoms with E-state index in [1.165, 1.54) is 18.2 Å². The number of carbonyl (C=O) groups is 3. The summed E-state index contributed by atoms with van der Waals surface area (Å²) >= 11 is 0. The zero-order valence-corrected chi connectivity index (χ0v) is 18.7. The molecule has 6 heteroatoms.